The lowest BCUT2D eigenvalue weighted by molar-refractivity contribution is 0.334. The van der Waals surface area contributed by atoms with Crippen molar-refractivity contribution in [3.8, 4) is 0 Å². The Morgan fingerprint density at radius 1 is 1.53 bits per heavy atom. The molecule has 4 heteroatoms. The summed E-state index contributed by atoms with van der Waals surface area (Å²) in [6.07, 6.45) is 2.57. The predicted octanol–water partition coefficient (Wildman–Crippen LogP) is 2.99. The van der Waals surface area contributed by atoms with Gasteiger partial charge >= 0.3 is 0 Å². The first-order valence-electron chi connectivity index (χ1n) is 5.32. The monoisotopic (exact) mass is 229 g/mol. The molecule has 1 aromatic heterocycles. The molecule has 15 heavy (non-hydrogen) atoms. The Labute approximate surface area is 96.6 Å². The lowest BCUT2D eigenvalue weighted by atomic mass is 9.87. The smallest absolute Gasteiger partial charge is 0.0834 e. The second-order valence-electron chi connectivity index (χ2n) is 5.06. The zero-order valence-electron chi connectivity index (χ0n) is 9.92. The molecule has 0 aromatic carbocycles. The molecule has 3 nitrogen and oxygen atoms in total. The number of hydrogen-bond acceptors (Lipinski definition) is 2. The van der Waals surface area contributed by atoms with E-state index >= 15 is 0 Å². The van der Waals surface area contributed by atoms with Crippen molar-refractivity contribution in [2.75, 3.05) is 0 Å². The Balaban J connectivity index is 2.90. The minimum Gasteiger partial charge on any atom is -0.323 e. The fourth-order valence-corrected chi connectivity index (χ4v) is 2.03. The molecule has 0 saturated heterocycles. The number of rotatable bonds is 3. The molecule has 0 saturated carbocycles. The second kappa shape index (κ2) is 4.54. The van der Waals surface area contributed by atoms with Crippen LogP contribution in [0.15, 0.2) is 6.20 Å². The summed E-state index contributed by atoms with van der Waals surface area (Å²) in [5, 5.41) is 4.86. The Morgan fingerprint density at radius 3 is 2.60 bits per heavy atom. The molecule has 1 rings (SSSR count). The molecule has 86 valence electrons. The third-order valence-corrected chi connectivity index (χ3v) is 2.61. The number of halogens is 1. The number of nitrogens with two attached hydrogens (primary N) is 1. The number of aromatic nitrogens is 2. The van der Waals surface area contributed by atoms with Crippen molar-refractivity contribution in [3.05, 3.63) is 16.9 Å². The van der Waals surface area contributed by atoms with E-state index in [0.29, 0.717) is 5.02 Å². The van der Waals surface area contributed by atoms with Gasteiger partial charge in [0, 0.05) is 12.6 Å². The van der Waals surface area contributed by atoms with Crippen molar-refractivity contribution >= 4 is 11.6 Å². The van der Waals surface area contributed by atoms with Gasteiger partial charge < -0.3 is 5.73 Å². The molecule has 1 unspecified atom stereocenters. The van der Waals surface area contributed by atoms with Crippen LogP contribution in [0.1, 0.15) is 45.9 Å². The molecular formula is C11H20ClN3. The van der Waals surface area contributed by atoms with Crippen LogP contribution in [0.4, 0.5) is 0 Å². The van der Waals surface area contributed by atoms with Crippen molar-refractivity contribution in [1.82, 2.24) is 9.78 Å². The molecule has 0 aliphatic carbocycles. The van der Waals surface area contributed by atoms with Gasteiger partial charge in [-0.3, -0.25) is 4.68 Å². The van der Waals surface area contributed by atoms with E-state index in [0.717, 1.165) is 18.7 Å². The summed E-state index contributed by atoms with van der Waals surface area (Å²) in [4.78, 5) is 0. The molecule has 0 fully saturated rings. The van der Waals surface area contributed by atoms with Crippen molar-refractivity contribution in [1.29, 1.82) is 0 Å². The van der Waals surface area contributed by atoms with Crippen LogP contribution in [0.5, 0.6) is 0 Å². The van der Waals surface area contributed by atoms with E-state index in [2.05, 4.69) is 25.9 Å². The molecule has 0 amide bonds. The van der Waals surface area contributed by atoms with Gasteiger partial charge in [-0.25, -0.2) is 0 Å². The van der Waals surface area contributed by atoms with E-state index in [1.165, 1.54) is 0 Å². The minimum absolute atomic E-state index is 0.0417. The molecule has 0 spiro atoms. The summed E-state index contributed by atoms with van der Waals surface area (Å²) in [6.45, 7) is 9.37. The molecule has 2 N–H and O–H groups in total. The first kappa shape index (κ1) is 12.5. The average molecular weight is 230 g/mol. The van der Waals surface area contributed by atoms with Gasteiger partial charge in [0.25, 0.3) is 0 Å². The van der Waals surface area contributed by atoms with Crippen LogP contribution < -0.4 is 5.73 Å². The molecule has 0 radical (unpaired) electrons. The van der Waals surface area contributed by atoms with E-state index in [4.69, 9.17) is 17.3 Å². The summed E-state index contributed by atoms with van der Waals surface area (Å²) in [6, 6.07) is -0.0417. The highest BCUT2D eigenvalue weighted by molar-refractivity contribution is 6.31. The van der Waals surface area contributed by atoms with Gasteiger partial charge in [0.15, 0.2) is 0 Å². The molecule has 1 atom stereocenters. The maximum Gasteiger partial charge on any atom is 0.0834 e. The van der Waals surface area contributed by atoms with E-state index in [1.807, 2.05) is 11.6 Å². The topological polar surface area (TPSA) is 43.8 Å². The molecular weight excluding hydrogens is 210 g/mol. The lowest BCUT2D eigenvalue weighted by Gasteiger charge is -2.23. The standard InChI is InChI=1S/C11H20ClN3/c1-5-15-10(8(12)7-14-15)9(13)6-11(2,3)4/h7,9H,5-6,13H2,1-4H3. The Hall–Kier alpha value is -0.540. The lowest BCUT2D eigenvalue weighted by Crippen LogP contribution is -2.22. The van der Waals surface area contributed by atoms with Crippen LogP contribution in [-0.2, 0) is 6.54 Å². The van der Waals surface area contributed by atoms with Crippen LogP contribution in [0, 0.1) is 5.41 Å². The maximum absolute atomic E-state index is 6.16. The van der Waals surface area contributed by atoms with E-state index < -0.39 is 0 Å². The summed E-state index contributed by atoms with van der Waals surface area (Å²) >= 11 is 6.08. The SMILES string of the molecule is CCn1ncc(Cl)c1C(N)CC(C)(C)C. The highest BCUT2D eigenvalue weighted by Gasteiger charge is 2.22. The van der Waals surface area contributed by atoms with E-state index in [9.17, 15) is 0 Å². The zero-order valence-corrected chi connectivity index (χ0v) is 10.7. The molecule has 0 aliphatic heterocycles. The van der Waals surface area contributed by atoms with E-state index in [-0.39, 0.29) is 11.5 Å². The highest BCUT2D eigenvalue weighted by Crippen LogP contribution is 2.31. The van der Waals surface area contributed by atoms with Crippen molar-refractivity contribution in [3.63, 3.8) is 0 Å². The summed E-state index contributed by atoms with van der Waals surface area (Å²) in [5.74, 6) is 0. The van der Waals surface area contributed by atoms with Gasteiger partial charge in [0.1, 0.15) is 0 Å². The normalized spacial score (nSPS) is 14.3. The van der Waals surface area contributed by atoms with Crippen LogP contribution in [0.2, 0.25) is 5.02 Å². The van der Waals surface area contributed by atoms with Gasteiger partial charge in [-0.05, 0) is 18.8 Å². The minimum atomic E-state index is -0.0417. The molecule has 0 aliphatic rings. The van der Waals surface area contributed by atoms with Gasteiger partial charge in [0.2, 0.25) is 0 Å². The van der Waals surface area contributed by atoms with Crippen molar-refractivity contribution in [2.45, 2.75) is 46.7 Å². The fourth-order valence-electron chi connectivity index (χ4n) is 1.75. The van der Waals surface area contributed by atoms with Gasteiger partial charge in [-0.2, -0.15) is 5.10 Å². The van der Waals surface area contributed by atoms with E-state index in [1.54, 1.807) is 6.20 Å². The van der Waals surface area contributed by atoms with Crippen LogP contribution in [0.25, 0.3) is 0 Å². The first-order valence-corrected chi connectivity index (χ1v) is 5.69. The molecule has 0 bridgehead atoms. The Kier molecular flexibility index (Phi) is 3.79. The van der Waals surface area contributed by atoms with Gasteiger partial charge in [-0.15, -0.1) is 0 Å². The first-order chi connectivity index (χ1) is 6.85. The summed E-state index contributed by atoms with van der Waals surface area (Å²) in [5.41, 5.74) is 7.31. The van der Waals surface area contributed by atoms with Crippen LogP contribution in [-0.4, -0.2) is 9.78 Å². The maximum atomic E-state index is 6.16. The summed E-state index contributed by atoms with van der Waals surface area (Å²) < 4.78 is 1.87. The number of hydrogen-bond donors (Lipinski definition) is 1. The average Bonchev–Trinajstić information content (AvgIpc) is 2.43. The molecule has 1 aromatic rings. The van der Waals surface area contributed by atoms with Crippen LogP contribution in [0.3, 0.4) is 0 Å². The largest absolute Gasteiger partial charge is 0.323 e. The molecule has 1 heterocycles. The zero-order chi connectivity index (χ0) is 11.6. The predicted molar refractivity (Wildman–Crippen MR) is 63.9 cm³/mol. The van der Waals surface area contributed by atoms with Crippen molar-refractivity contribution in [2.24, 2.45) is 11.1 Å². The summed E-state index contributed by atoms with van der Waals surface area (Å²) in [7, 11) is 0. The van der Waals surface area contributed by atoms with Gasteiger partial charge in [0.05, 0.1) is 16.9 Å². The third-order valence-electron chi connectivity index (χ3n) is 2.32. The Morgan fingerprint density at radius 2 is 2.13 bits per heavy atom. The highest BCUT2D eigenvalue weighted by atomic mass is 35.5. The fraction of sp³-hybridized carbons (Fsp3) is 0.727. The third kappa shape index (κ3) is 3.21. The van der Waals surface area contributed by atoms with Crippen LogP contribution >= 0.6 is 11.6 Å². The second-order valence-corrected chi connectivity index (χ2v) is 5.47. The quantitative estimate of drug-likeness (QED) is 0.866. The number of nitrogens with zero attached hydrogens (tertiary/aromatic N) is 2. The van der Waals surface area contributed by atoms with Crippen molar-refractivity contribution < 1.29 is 0 Å². The van der Waals surface area contributed by atoms with Gasteiger partial charge in [-0.1, -0.05) is 32.4 Å². The number of aryl methyl sites for hydroxylation is 1. The Bertz CT molecular complexity index is 325.